The maximum atomic E-state index is 12.9. The molecule has 1 aliphatic rings. The monoisotopic (exact) mass is 494 g/mol. The number of aromatic nitrogens is 3. The summed E-state index contributed by atoms with van der Waals surface area (Å²) in [4.78, 5) is 37.9. The number of piperidine rings is 1. The summed E-state index contributed by atoms with van der Waals surface area (Å²) < 4.78 is 4.25. The lowest BCUT2D eigenvalue weighted by Gasteiger charge is -2.40. The van der Waals surface area contributed by atoms with Gasteiger partial charge in [0.15, 0.2) is 11.5 Å². The highest BCUT2D eigenvalue weighted by molar-refractivity contribution is 7.10. The van der Waals surface area contributed by atoms with Crippen LogP contribution < -0.4 is 26.2 Å². The normalized spacial score (nSPS) is 17.7. The number of carbonyl (C=O) groups excluding carboxylic acids is 2. The van der Waals surface area contributed by atoms with Crippen molar-refractivity contribution < 1.29 is 9.59 Å². The van der Waals surface area contributed by atoms with Gasteiger partial charge in [-0.3, -0.25) is 9.59 Å². The van der Waals surface area contributed by atoms with E-state index in [4.69, 9.17) is 5.73 Å². The predicted octanol–water partition coefficient (Wildman–Crippen LogP) is 2.94. The lowest BCUT2D eigenvalue weighted by molar-refractivity contribution is 0.0923. The maximum Gasteiger partial charge on any atom is 0.271 e. The molecule has 1 saturated heterocycles. The van der Waals surface area contributed by atoms with E-state index in [-0.39, 0.29) is 29.5 Å². The van der Waals surface area contributed by atoms with Crippen molar-refractivity contribution in [1.82, 2.24) is 19.7 Å². The van der Waals surface area contributed by atoms with Gasteiger partial charge in [0, 0.05) is 44.0 Å². The molecule has 4 N–H and O–H groups in total. The molecule has 2 aromatic heterocycles. The van der Waals surface area contributed by atoms with Crippen LogP contribution >= 0.6 is 11.5 Å². The second kappa shape index (κ2) is 10.3. The van der Waals surface area contributed by atoms with E-state index in [1.54, 1.807) is 6.20 Å². The Morgan fingerprint density at radius 3 is 2.60 bits per heavy atom. The number of nitrogens with zero attached hydrogens (tertiary/aromatic N) is 5. The van der Waals surface area contributed by atoms with E-state index >= 15 is 0 Å². The molecule has 2 amide bonds. The molecule has 4 rings (SSSR count). The Morgan fingerprint density at radius 1 is 1.23 bits per heavy atom. The fourth-order valence-corrected chi connectivity index (χ4v) is 4.81. The number of nitrogens with one attached hydrogen (secondary N) is 2. The van der Waals surface area contributed by atoms with Crippen LogP contribution in [0.2, 0.25) is 0 Å². The largest absolute Gasteiger partial charge is 0.378 e. The third-order valence-electron chi connectivity index (χ3n) is 6.11. The standard InChI is InChI=1S/C24H30N8O2S/c1-14-12-20(35-30-14)29-23-21(22(25)33)26-13-19(28-23)32-11-5-6-18(15(32)2)27-24(34)16-7-9-17(10-8-16)31(3)4/h7-10,12-13,15,18H,5-6,11H2,1-4H3,(H2,25,33)(H,27,34)(H,28,29)/t15-,18-/m0/s1. The van der Waals surface area contributed by atoms with Crippen molar-refractivity contribution >= 4 is 45.7 Å². The first-order chi connectivity index (χ1) is 16.7. The lowest BCUT2D eigenvalue weighted by Crippen LogP contribution is -2.54. The first-order valence-electron chi connectivity index (χ1n) is 11.4. The van der Waals surface area contributed by atoms with Gasteiger partial charge >= 0.3 is 0 Å². The summed E-state index contributed by atoms with van der Waals surface area (Å²) in [5.41, 5.74) is 8.12. The number of hydrogen-bond acceptors (Lipinski definition) is 9. The summed E-state index contributed by atoms with van der Waals surface area (Å²) in [6.07, 6.45) is 3.30. The molecule has 3 heterocycles. The van der Waals surface area contributed by atoms with E-state index in [2.05, 4.69) is 36.8 Å². The molecule has 0 saturated carbocycles. The number of rotatable bonds is 7. The van der Waals surface area contributed by atoms with Crippen molar-refractivity contribution in [2.75, 3.05) is 35.8 Å². The third-order valence-corrected chi connectivity index (χ3v) is 6.90. The maximum absolute atomic E-state index is 12.9. The fraction of sp³-hybridized carbons (Fsp3) is 0.375. The van der Waals surface area contributed by atoms with Gasteiger partial charge in [-0.25, -0.2) is 9.97 Å². The molecule has 2 atom stereocenters. The Labute approximate surface area is 208 Å². The molecule has 3 aromatic rings. The number of amides is 2. The SMILES string of the molecule is Cc1cc(Nc2nc(N3CCC[C@H](NC(=O)c4ccc(N(C)C)cc4)[C@@H]3C)cnc2C(N)=O)sn1. The molecule has 0 bridgehead atoms. The van der Waals surface area contributed by atoms with Gasteiger partial charge in [0.2, 0.25) is 0 Å². The van der Waals surface area contributed by atoms with Gasteiger partial charge in [0.1, 0.15) is 10.8 Å². The smallest absolute Gasteiger partial charge is 0.271 e. The molecule has 0 aliphatic carbocycles. The first kappa shape index (κ1) is 24.4. The van der Waals surface area contributed by atoms with E-state index in [1.807, 2.05) is 56.3 Å². The highest BCUT2D eigenvalue weighted by atomic mass is 32.1. The van der Waals surface area contributed by atoms with E-state index < -0.39 is 5.91 Å². The number of aryl methyl sites for hydroxylation is 1. The molecule has 10 nitrogen and oxygen atoms in total. The Bertz CT molecular complexity index is 1210. The van der Waals surface area contributed by atoms with Crippen molar-refractivity contribution in [1.29, 1.82) is 0 Å². The van der Waals surface area contributed by atoms with Crippen LogP contribution in [0.3, 0.4) is 0 Å². The van der Waals surface area contributed by atoms with Crippen LogP contribution in [0.5, 0.6) is 0 Å². The molecule has 11 heteroatoms. The molecule has 1 aromatic carbocycles. The van der Waals surface area contributed by atoms with Gasteiger partial charge in [-0.15, -0.1) is 0 Å². The first-order valence-corrected chi connectivity index (χ1v) is 12.2. The minimum atomic E-state index is -0.662. The summed E-state index contributed by atoms with van der Waals surface area (Å²) in [5, 5.41) is 7.05. The zero-order chi connectivity index (χ0) is 25.1. The van der Waals surface area contributed by atoms with Crippen molar-refractivity contribution in [3.63, 3.8) is 0 Å². The van der Waals surface area contributed by atoms with Crippen LogP contribution in [0.4, 0.5) is 22.3 Å². The van der Waals surface area contributed by atoms with Gasteiger partial charge in [-0.1, -0.05) is 0 Å². The van der Waals surface area contributed by atoms with E-state index in [9.17, 15) is 9.59 Å². The molecule has 1 aliphatic heterocycles. The number of nitrogens with two attached hydrogens (primary N) is 1. The van der Waals surface area contributed by atoms with Gasteiger partial charge in [0.25, 0.3) is 11.8 Å². The number of carbonyl (C=O) groups is 2. The van der Waals surface area contributed by atoms with Gasteiger partial charge in [-0.05, 0) is 68.6 Å². The summed E-state index contributed by atoms with van der Waals surface area (Å²) in [5.74, 6) is 0.135. The van der Waals surface area contributed by atoms with Crippen molar-refractivity contribution in [2.24, 2.45) is 5.73 Å². The van der Waals surface area contributed by atoms with Gasteiger partial charge in [0.05, 0.1) is 11.9 Å². The van der Waals surface area contributed by atoms with Gasteiger partial charge < -0.3 is 26.2 Å². The second-order valence-corrected chi connectivity index (χ2v) is 9.65. The molecule has 35 heavy (non-hydrogen) atoms. The van der Waals surface area contributed by atoms with Crippen LogP contribution in [-0.2, 0) is 0 Å². The number of benzene rings is 1. The van der Waals surface area contributed by atoms with E-state index in [0.29, 0.717) is 11.4 Å². The zero-order valence-corrected chi connectivity index (χ0v) is 21.1. The van der Waals surface area contributed by atoms with Crippen molar-refractivity contribution in [3.05, 3.63) is 53.5 Å². The molecule has 0 spiro atoms. The average Bonchev–Trinajstić information content (AvgIpc) is 3.24. The zero-order valence-electron chi connectivity index (χ0n) is 20.3. The topological polar surface area (TPSA) is 129 Å². The highest BCUT2D eigenvalue weighted by Gasteiger charge is 2.31. The van der Waals surface area contributed by atoms with E-state index in [0.717, 1.165) is 35.8 Å². The fourth-order valence-electron chi connectivity index (χ4n) is 4.15. The molecular weight excluding hydrogens is 464 g/mol. The molecule has 0 unspecified atom stereocenters. The number of hydrogen-bond donors (Lipinski definition) is 3. The summed E-state index contributed by atoms with van der Waals surface area (Å²) in [6, 6.07) is 9.31. The molecular formula is C24H30N8O2S. The lowest BCUT2D eigenvalue weighted by atomic mass is 9.97. The minimum absolute atomic E-state index is 0.0269. The number of anilines is 4. The van der Waals surface area contributed by atoms with E-state index in [1.165, 1.54) is 11.5 Å². The Kier molecular flexibility index (Phi) is 7.15. The average molecular weight is 495 g/mol. The molecule has 1 fully saturated rings. The van der Waals surface area contributed by atoms with Crippen LogP contribution in [0.1, 0.15) is 46.3 Å². The quantitative estimate of drug-likeness (QED) is 0.457. The summed E-state index contributed by atoms with van der Waals surface area (Å²) >= 11 is 1.27. The Hall–Kier alpha value is -3.73. The predicted molar refractivity (Wildman–Crippen MR) is 139 cm³/mol. The van der Waals surface area contributed by atoms with Crippen LogP contribution in [0.15, 0.2) is 36.5 Å². The Balaban J connectivity index is 1.52. The van der Waals surface area contributed by atoms with Crippen molar-refractivity contribution in [2.45, 2.75) is 38.8 Å². The summed E-state index contributed by atoms with van der Waals surface area (Å²) in [7, 11) is 3.93. The van der Waals surface area contributed by atoms with Gasteiger partial charge in [-0.2, -0.15) is 4.37 Å². The molecule has 0 radical (unpaired) electrons. The molecule has 184 valence electrons. The second-order valence-electron chi connectivity index (χ2n) is 8.84. The van der Waals surface area contributed by atoms with Crippen LogP contribution in [-0.4, -0.2) is 58.9 Å². The third kappa shape index (κ3) is 5.51. The highest BCUT2D eigenvalue weighted by Crippen LogP contribution is 2.28. The number of primary amides is 1. The minimum Gasteiger partial charge on any atom is -0.378 e. The van der Waals surface area contributed by atoms with Crippen LogP contribution in [0, 0.1) is 6.92 Å². The Morgan fingerprint density at radius 2 is 1.97 bits per heavy atom. The van der Waals surface area contributed by atoms with Crippen LogP contribution in [0.25, 0.3) is 0 Å². The summed E-state index contributed by atoms with van der Waals surface area (Å²) in [6.45, 7) is 4.70. The van der Waals surface area contributed by atoms with Crippen molar-refractivity contribution in [3.8, 4) is 0 Å².